The first-order valence-corrected chi connectivity index (χ1v) is 13.0. The molecule has 0 aromatic rings. The van der Waals surface area contributed by atoms with E-state index in [1.54, 1.807) is 0 Å². The molecule has 216 valence electrons. The first-order valence-electron chi connectivity index (χ1n) is 13.0. The fraction of sp³-hybridized carbons (Fsp3) is 0.692. The molecule has 2 unspecified atom stereocenters. The smallest absolute Gasteiger partial charge is 0.350 e. The summed E-state index contributed by atoms with van der Waals surface area (Å²) in [5, 5.41) is 36.7. The molecule has 0 aromatic carbocycles. The van der Waals surface area contributed by atoms with Gasteiger partial charge in [0, 0.05) is 12.8 Å². The monoisotopic (exact) mass is 544 g/mol. The maximum Gasteiger partial charge on any atom is 0.350 e. The van der Waals surface area contributed by atoms with E-state index in [4.69, 9.17) is 10.2 Å². The van der Waals surface area contributed by atoms with E-state index in [1.807, 2.05) is 13.8 Å². The van der Waals surface area contributed by atoms with Crippen molar-refractivity contribution in [2.24, 2.45) is 0 Å². The summed E-state index contributed by atoms with van der Waals surface area (Å²) in [6.45, 7) is 1.77. The maximum absolute atomic E-state index is 13.1. The molecule has 0 aromatic heterocycles. The Morgan fingerprint density at radius 3 is 1.16 bits per heavy atom. The van der Waals surface area contributed by atoms with Crippen molar-refractivity contribution in [1.82, 2.24) is 0 Å². The van der Waals surface area contributed by atoms with Crippen LogP contribution in [-0.2, 0) is 38.2 Å². The van der Waals surface area contributed by atoms with Gasteiger partial charge in [0.2, 0.25) is 0 Å². The van der Waals surface area contributed by atoms with Gasteiger partial charge in [-0.05, 0) is 12.8 Å². The molecule has 0 aliphatic heterocycles. The zero-order valence-corrected chi connectivity index (χ0v) is 22.1. The van der Waals surface area contributed by atoms with Gasteiger partial charge >= 0.3 is 23.9 Å². The molecular formula is C26H40O12. The molecule has 12 nitrogen and oxygen atoms in total. The quantitative estimate of drug-likeness (QED) is 0.0557. The Labute approximate surface area is 222 Å². The largest absolute Gasteiger partial charge is 0.393 e. The number of ether oxygens (including phenoxy) is 2. The minimum Gasteiger partial charge on any atom is -0.393 e. The van der Waals surface area contributed by atoms with Crippen molar-refractivity contribution in [2.75, 3.05) is 13.2 Å². The lowest BCUT2D eigenvalue weighted by molar-refractivity contribution is -0.168. The van der Waals surface area contributed by atoms with Gasteiger partial charge in [-0.2, -0.15) is 0 Å². The highest BCUT2D eigenvalue weighted by Crippen LogP contribution is 2.20. The summed E-state index contributed by atoms with van der Waals surface area (Å²) in [4.78, 5) is 75.6. The van der Waals surface area contributed by atoms with Crippen molar-refractivity contribution in [3.05, 3.63) is 11.1 Å². The summed E-state index contributed by atoms with van der Waals surface area (Å²) in [5.74, 6) is -8.78. The molecule has 0 amide bonds. The average molecular weight is 545 g/mol. The topological polar surface area (TPSA) is 202 Å². The molecule has 2 atom stereocenters. The van der Waals surface area contributed by atoms with Gasteiger partial charge in [0.1, 0.15) is 11.1 Å². The van der Waals surface area contributed by atoms with Gasteiger partial charge in [0.25, 0.3) is 0 Å². The Balaban J connectivity index is 6.36. The second-order valence-corrected chi connectivity index (χ2v) is 8.74. The Morgan fingerprint density at radius 2 is 0.868 bits per heavy atom. The van der Waals surface area contributed by atoms with E-state index in [0.717, 1.165) is 38.5 Å². The lowest BCUT2D eigenvalue weighted by atomic mass is 9.94. The summed E-state index contributed by atoms with van der Waals surface area (Å²) in [6, 6.07) is 0. The third-order valence-electron chi connectivity index (χ3n) is 5.51. The molecule has 38 heavy (non-hydrogen) atoms. The van der Waals surface area contributed by atoms with Gasteiger partial charge in [0.15, 0.2) is 23.8 Å². The fourth-order valence-corrected chi connectivity index (χ4v) is 3.31. The minimum atomic E-state index is -2.13. The molecule has 0 rings (SSSR count). The average Bonchev–Trinajstić information content (AvgIpc) is 2.89. The van der Waals surface area contributed by atoms with Gasteiger partial charge in [-0.25, -0.2) is 19.2 Å². The van der Waals surface area contributed by atoms with Gasteiger partial charge < -0.3 is 29.9 Å². The van der Waals surface area contributed by atoms with E-state index < -0.39 is 72.0 Å². The molecule has 12 heteroatoms. The highest BCUT2D eigenvalue weighted by molar-refractivity contribution is 6.32. The molecule has 0 fully saturated rings. The first kappa shape index (κ1) is 35.2. The standard InChI is InChI=1S/C26H40O12/c1-3-5-7-9-11-13-17(29)21(25(35)37-23(33)19(31)15-27)22(18(30)14-12-10-8-6-4-2)26(36)38-24(34)20(32)16-28/h19-20,27-28,31-32H,3-16H2,1-2H3/b22-21+. The second kappa shape index (κ2) is 20.2. The summed E-state index contributed by atoms with van der Waals surface area (Å²) in [6.07, 6.45) is 2.09. The van der Waals surface area contributed by atoms with E-state index >= 15 is 0 Å². The van der Waals surface area contributed by atoms with Crippen LogP contribution in [-0.4, -0.2) is 81.3 Å². The number of unbranched alkanes of at least 4 members (excludes halogenated alkanes) is 8. The van der Waals surface area contributed by atoms with E-state index in [-0.39, 0.29) is 25.7 Å². The van der Waals surface area contributed by atoms with Gasteiger partial charge in [0.05, 0.1) is 13.2 Å². The third kappa shape index (κ3) is 13.1. The number of esters is 4. The molecular weight excluding hydrogens is 504 g/mol. The molecule has 4 N–H and O–H groups in total. The number of carbonyl (C=O) groups is 6. The van der Waals surface area contributed by atoms with E-state index in [1.165, 1.54) is 0 Å². The molecule has 0 bridgehead atoms. The number of Topliss-reactive ketones (excluding diaryl/α,β-unsaturated/α-hetero) is 2. The highest BCUT2D eigenvalue weighted by atomic mass is 16.6. The van der Waals surface area contributed by atoms with Crippen LogP contribution in [0.25, 0.3) is 0 Å². The molecule has 0 heterocycles. The molecule has 0 aliphatic carbocycles. The normalized spacial score (nSPS) is 13.2. The summed E-state index contributed by atoms with van der Waals surface area (Å²) >= 11 is 0. The van der Waals surface area contributed by atoms with Crippen LogP contribution in [0, 0.1) is 0 Å². The fourth-order valence-electron chi connectivity index (χ4n) is 3.31. The van der Waals surface area contributed by atoms with Crippen LogP contribution in [0.5, 0.6) is 0 Å². The van der Waals surface area contributed by atoms with Crippen LogP contribution in [0.2, 0.25) is 0 Å². The Bertz CT molecular complexity index is 777. The van der Waals surface area contributed by atoms with E-state index in [2.05, 4.69) is 9.47 Å². The lowest BCUT2D eigenvalue weighted by Crippen LogP contribution is -2.34. The van der Waals surface area contributed by atoms with Crippen LogP contribution in [0.1, 0.15) is 90.9 Å². The second-order valence-electron chi connectivity index (χ2n) is 8.74. The van der Waals surface area contributed by atoms with Crippen molar-refractivity contribution in [1.29, 1.82) is 0 Å². The lowest BCUT2D eigenvalue weighted by Gasteiger charge is -2.14. The third-order valence-corrected chi connectivity index (χ3v) is 5.51. The molecule has 0 saturated heterocycles. The number of rotatable bonds is 20. The van der Waals surface area contributed by atoms with Crippen LogP contribution in [0.4, 0.5) is 0 Å². The predicted molar refractivity (Wildman–Crippen MR) is 132 cm³/mol. The number of aliphatic hydroxyl groups excluding tert-OH is 4. The number of hydrogen-bond acceptors (Lipinski definition) is 12. The highest BCUT2D eigenvalue weighted by Gasteiger charge is 2.36. The van der Waals surface area contributed by atoms with Crippen molar-refractivity contribution >= 4 is 35.4 Å². The van der Waals surface area contributed by atoms with Gasteiger partial charge in [-0.15, -0.1) is 0 Å². The van der Waals surface area contributed by atoms with E-state index in [9.17, 15) is 39.0 Å². The SMILES string of the molecule is CCCCCCCC(=O)/C(C(=O)OC(=O)C(O)CO)=C(/C(=O)CCCCCCC)C(=O)OC(=O)C(O)CO. The number of aliphatic hydroxyl groups is 4. The maximum atomic E-state index is 13.1. The Morgan fingerprint density at radius 1 is 0.553 bits per heavy atom. The van der Waals surface area contributed by atoms with Crippen LogP contribution in [0.3, 0.4) is 0 Å². The first-order chi connectivity index (χ1) is 18.0. The summed E-state index contributed by atoms with van der Waals surface area (Å²) in [5.41, 5.74) is -2.26. The minimum absolute atomic E-state index is 0.276. The number of ketones is 2. The predicted octanol–water partition coefficient (Wildman–Crippen LogP) is 0.988. The zero-order valence-electron chi connectivity index (χ0n) is 22.1. The van der Waals surface area contributed by atoms with Crippen molar-refractivity contribution in [3.63, 3.8) is 0 Å². The van der Waals surface area contributed by atoms with Gasteiger partial charge in [-0.3, -0.25) is 9.59 Å². The van der Waals surface area contributed by atoms with Crippen LogP contribution in [0.15, 0.2) is 11.1 Å². The number of carbonyl (C=O) groups excluding carboxylic acids is 6. The number of hydrogen-bond donors (Lipinski definition) is 4. The molecule has 0 saturated carbocycles. The Kier molecular flexibility index (Phi) is 18.7. The van der Waals surface area contributed by atoms with Crippen molar-refractivity contribution in [3.8, 4) is 0 Å². The van der Waals surface area contributed by atoms with Crippen LogP contribution < -0.4 is 0 Å². The van der Waals surface area contributed by atoms with Crippen molar-refractivity contribution in [2.45, 2.75) is 103 Å². The molecule has 0 radical (unpaired) electrons. The molecule has 0 spiro atoms. The summed E-state index contributed by atoms with van der Waals surface area (Å²) < 4.78 is 8.89. The van der Waals surface area contributed by atoms with Crippen LogP contribution >= 0.6 is 0 Å². The zero-order chi connectivity index (χ0) is 29.1. The van der Waals surface area contributed by atoms with E-state index in [0.29, 0.717) is 12.8 Å². The summed E-state index contributed by atoms with van der Waals surface area (Å²) in [7, 11) is 0. The Hall–Kier alpha value is -2.80. The molecule has 0 aliphatic rings. The van der Waals surface area contributed by atoms with Crippen molar-refractivity contribution < 1.29 is 58.7 Å². The van der Waals surface area contributed by atoms with Gasteiger partial charge in [-0.1, -0.05) is 65.2 Å².